The molecule has 0 aliphatic heterocycles. The molecule has 0 N–H and O–H groups in total. The predicted octanol–water partition coefficient (Wildman–Crippen LogP) is 0.250. The molecular weight excluding hydrogens is 196 g/mol. The Hall–Kier alpha value is -2.05. The van der Waals surface area contributed by atoms with Crippen molar-refractivity contribution in [3.05, 3.63) is 24.0 Å². The van der Waals surface area contributed by atoms with E-state index >= 15 is 0 Å². The highest BCUT2D eigenvalue weighted by atomic mass is 16.6. The van der Waals surface area contributed by atoms with E-state index in [2.05, 4.69) is 25.6 Å². The highest BCUT2D eigenvalue weighted by molar-refractivity contribution is 6.00. The Balaban J connectivity index is 2.03. The summed E-state index contributed by atoms with van der Waals surface area (Å²) in [6.07, 6.45) is 5.87. The molecule has 0 atom stereocenters. The molecule has 2 aromatic heterocycles. The van der Waals surface area contributed by atoms with Crippen molar-refractivity contribution in [2.24, 2.45) is 5.10 Å². The molecule has 2 aromatic rings. The van der Waals surface area contributed by atoms with Gasteiger partial charge in [-0.2, -0.15) is 5.10 Å². The van der Waals surface area contributed by atoms with Gasteiger partial charge in [-0.3, -0.25) is 0 Å². The lowest BCUT2D eigenvalue weighted by Crippen LogP contribution is -2.13. The van der Waals surface area contributed by atoms with Crippen LogP contribution in [0.3, 0.4) is 0 Å². The molecule has 0 bridgehead atoms. The quantitative estimate of drug-likeness (QED) is 0.665. The SMILES string of the molecule is c1nncn1N=C1CCCc2nonc21. The van der Waals surface area contributed by atoms with Crippen molar-refractivity contribution in [1.29, 1.82) is 0 Å². The smallest absolute Gasteiger partial charge is 0.154 e. The first-order valence-corrected chi connectivity index (χ1v) is 4.68. The van der Waals surface area contributed by atoms with Gasteiger partial charge in [0, 0.05) is 0 Å². The van der Waals surface area contributed by atoms with Gasteiger partial charge >= 0.3 is 0 Å². The number of hydrogen-bond acceptors (Lipinski definition) is 6. The molecule has 0 aromatic carbocycles. The first-order chi connectivity index (χ1) is 7.43. The van der Waals surface area contributed by atoms with E-state index in [0.29, 0.717) is 0 Å². The van der Waals surface area contributed by atoms with Gasteiger partial charge in [-0.1, -0.05) is 5.16 Å². The molecule has 7 nitrogen and oxygen atoms in total. The van der Waals surface area contributed by atoms with E-state index in [1.54, 1.807) is 4.68 Å². The van der Waals surface area contributed by atoms with E-state index in [-0.39, 0.29) is 0 Å². The van der Waals surface area contributed by atoms with Crippen molar-refractivity contribution in [3.63, 3.8) is 0 Å². The second-order valence-electron chi connectivity index (χ2n) is 3.30. The highest BCUT2D eigenvalue weighted by Crippen LogP contribution is 2.18. The van der Waals surface area contributed by atoms with Crippen LogP contribution >= 0.6 is 0 Å². The molecule has 3 rings (SSSR count). The van der Waals surface area contributed by atoms with Crippen LogP contribution in [0.5, 0.6) is 0 Å². The largest absolute Gasteiger partial charge is 0.244 e. The van der Waals surface area contributed by atoms with Crippen LogP contribution in [0, 0.1) is 0 Å². The molecule has 2 heterocycles. The molecule has 1 aliphatic carbocycles. The van der Waals surface area contributed by atoms with Crippen LogP contribution < -0.4 is 0 Å². The van der Waals surface area contributed by atoms with Gasteiger partial charge in [-0.05, 0) is 24.4 Å². The van der Waals surface area contributed by atoms with Gasteiger partial charge in [-0.25, -0.2) is 9.31 Å². The van der Waals surface area contributed by atoms with Crippen molar-refractivity contribution in [2.45, 2.75) is 19.3 Å². The number of hydrogen-bond donors (Lipinski definition) is 0. The van der Waals surface area contributed by atoms with Crippen LogP contribution in [0.1, 0.15) is 24.2 Å². The summed E-state index contributed by atoms with van der Waals surface area (Å²) in [5, 5.41) is 19.4. The summed E-state index contributed by atoms with van der Waals surface area (Å²) < 4.78 is 6.25. The van der Waals surface area contributed by atoms with Gasteiger partial charge in [0.25, 0.3) is 0 Å². The van der Waals surface area contributed by atoms with E-state index in [4.69, 9.17) is 4.63 Å². The number of aryl methyl sites for hydroxylation is 1. The van der Waals surface area contributed by atoms with E-state index in [0.717, 1.165) is 36.4 Å². The lowest BCUT2D eigenvalue weighted by molar-refractivity contribution is 0.303. The summed E-state index contributed by atoms with van der Waals surface area (Å²) in [5.74, 6) is 0. The monoisotopic (exact) mass is 204 g/mol. The molecule has 0 fully saturated rings. The summed E-state index contributed by atoms with van der Waals surface area (Å²) in [6, 6.07) is 0. The van der Waals surface area contributed by atoms with Crippen LogP contribution in [0.2, 0.25) is 0 Å². The van der Waals surface area contributed by atoms with Crippen molar-refractivity contribution in [3.8, 4) is 0 Å². The van der Waals surface area contributed by atoms with E-state index in [1.807, 2.05) is 0 Å². The first kappa shape index (κ1) is 8.27. The zero-order valence-corrected chi connectivity index (χ0v) is 7.87. The topological polar surface area (TPSA) is 82.0 Å². The summed E-state index contributed by atoms with van der Waals surface area (Å²) >= 11 is 0. The fourth-order valence-corrected chi connectivity index (χ4v) is 1.62. The maximum absolute atomic E-state index is 4.70. The molecule has 0 unspecified atom stereocenters. The Morgan fingerprint density at radius 1 is 1.20 bits per heavy atom. The maximum atomic E-state index is 4.70. The Bertz CT molecular complexity index is 485. The minimum atomic E-state index is 0.759. The average Bonchev–Trinajstić information content (AvgIpc) is 2.87. The minimum absolute atomic E-state index is 0.759. The number of nitrogens with zero attached hydrogens (tertiary/aromatic N) is 6. The molecular formula is C8H8N6O. The Morgan fingerprint density at radius 3 is 2.93 bits per heavy atom. The molecule has 0 saturated carbocycles. The average molecular weight is 204 g/mol. The van der Waals surface area contributed by atoms with Crippen LogP contribution in [-0.4, -0.2) is 30.9 Å². The zero-order valence-electron chi connectivity index (χ0n) is 7.87. The van der Waals surface area contributed by atoms with Crippen molar-refractivity contribution in [2.75, 3.05) is 0 Å². The summed E-state index contributed by atoms with van der Waals surface area (Å²) in [4.78, 5) is 0. The predicted molar refractivity (Wildman–Crippen MR) is 49.2 cm³/mol. The number of fused-ring (bicyclic) bond motifs is 1. The molecule has 7 heteroatoms. The molecule has 15 heavy (non-hydrogen) atoms. The Morgan fingerprint density at radius 2 is 2.07 bits per heavy atom. The van der Waals surface area contributed by atoms with Gasteiger partial charge in [0.2, 0.25) is 0 Å². The summed E-state index contributed by atoms with van der Waals surface area (Å²) in [7, 11) is 0. The molecule has 0 radical (unpaired) electrons. The van der Waals surface area contributed by atoms with Gasteiger partial charge in [0.05, 0.1) is 5.71 Å². The number of rotatable bonds is 1. The molecule has 0 spiro atoms. The van der Waals surface area contributed by atoms with Gasteiger partial charge in [-0.15, -0.1) is 10.2 Å². The molecule has 0 amide bonds. The third kappa shape index (κ3) is 1.41. The summed E-state index contributed by atoms with van der Waals surface area (Å²) in [6.45, 7) is 0. The van der Waals surface area contributed by atoms with E-state index in [9.17, 15) is 0 Å². The lowest BCUT2D eigenvalue weighted by atomic mass is 9.99. The zero-order chi connectivity index (χ0) is 10.1. The van der Waals surface area contributed by atoms with Gasteiger partial charge < -0.3 is 0 Å². The molecule has 0 saturated heterocycles. The second-order valence-corrected chi connectivity index (χ2v) is 3.30. The van der Waals surface area contributed by atoms with Crippen LogP contribution in [0.25, 0.3) is 0 Å². The normalized spacial score (nSPS) is 18.0. The second kappa shape index (κ2) is 3.26. The first-order valence-electron chi connectivity index (χ1n) is 4.68. The van der Waals surface area contributed by atoms with Crippen molar-refractivity contribution < 1.29 is 4.63 Å². The van der Waals surface area contributed by atoms with Gasteiger partial charge in [0.15, 0.2) is 5.69 Å². The standard InChI is InChI=1S/C8H8N6O/c1-2-6(11-14-4-9-10-5-14)8-7(3-1)12-15-13-8/h4-5H,1-3H2. The van der Waals surface area contributed by atoms with E-state index in [1.165, 1.54) is 12.7 Å². The highest BCUT2D eigenvalue weighted by Gasteiger charge is 2.21. The third-order valence-corrected chi connectivity index (χ3v) is 2.30. The van der Waals surface area contributed by atoms with Crippen molar-refractivity contribution in [1.82, 2.24) is 25.2 Å². The van der Waals surface area contributed by atoms with Crippen LogP contribution in [0.15, 0.2) is 22.4 Å². The summed E-state index contributed by atoms with van der Waals surface area (Å²) in [5.41, 5.74) is 2.51. The molecule has 76 valence electrons. The van der Waals surface area contributed by atoms with E-state index < -0.39 is 0 Å². The fourth-order valence-electron chi connectivity index (χ4n) is 1.62. The molecule has 1 aliphatic rings. The Kier molecular flexibility index (Phi) is 1.80. The van der Waals surface area contributed by atoms with Crippen molar-refractivity contribution >= 4 is 5.71 Å². The fraction of sp³-hybridized carbons (Fsp3) is 0.375. The van der Waals surface area contributed by atoms with Crippen LogP contribution in [0.4, 0.5) is 0 Å². The minimum Gasteiger partial charge on any atom is -0.244 e. The maximum Gasteiger partial charge on any atom is 0.154 e. The lowest BCUT2D eigenvalue weighted by Gasteiger charge is -2.08. The van der Waals surface area contributed by atoms with Gasteiger partial charge in [0.1, 0.15) is 18.3 Å². The Labute approximate surface area is 84.8 Å². The third-order valence-electron chi connectivity index (χ3n) is 2.30. The van der Waals surface area contributed by atoms with Crippen LogP contribution in [-0.2, 0) is 6.42 Å². The number of aromatic nitrogens is 5.